The molecule has 0 aliphatic rings. The number of benzene rings is 4. The lowest BCUT2D eigenvalue weighted by atomic mass is 10.2. The van der Waals surface area contributed by atoms with Gasteiger partial charge in [0.15, 0.2) is 3.07 Å². The molecule has 4 aromatic heterocycles. The van der Waals surface area contributed by atoms with Gasteiger partial charge in [0.1, 0.15) is 16.6 Å². The number of Topliss-reactive ketones (excluding diaryl/α,β-unsaturated/α-hetero) is 1. The molecule has 78 heavy (non-hydrogen) atoms. The van der Waals surface area contributed by atoms with Crippen molar-refractivity contribution in [2.75, 3.05) is 11.9 Å². The number of ketones is 1. The number of tetrazole rings is 2. The fraction of sp³-hybridized carbons (Fsp3) is 0.238. The second kappa shape index (κ2) is 28.9. The van der Waals surface area contributed by atoms with Crippen molar-refractivity contribution in [2.24, 2.45) is 0 Å². The number of aryl methyl sites for hydroxylation is 2. The van der Waals surface area contributed by atoms with Gasteiger partial charge in [0.25, 0.3) is 35.6 Å². The molecule has 0 N–H and O–H groups in total. The van der Waals surface area contributed by atoms with Crippen molar-refractivity contribution in [2.45, 2.75) is 58.5 Å². The van der Waals surface area contributed by atoms with Gasteiger partial charge in [0.2, 0.25) is 29.7 Å². The third kappa shape index (κ3) is 16.7. The summed E-state index contributed by atoms with van der Waals surface area (Å²) >= 11 is 41.1. The average Bonchev–Trinajstić information content (AvgIpc) is 4.33. The third-order valence-corrected chi connectivity index (χ3v) is 23.6. The monoisotopic (exact) mass is 1690 g/mol. The summed E-state index contributed by atoms with van der Waals surface area (Å²) in [7, 11) is -7.62. The number of carbonyl (C=O) groups is 2. The van der Waals surface area contributed by atoms with Crippen LogP contribution in [0.2, 0.25) is 0 Å². The molecule has 1 atom stereocenters. The van der Waals surface area contributed by atoms with Gasteiger partial charge in [-0.3, -0.25) is 23.6 Å². The molecule has 416 valence electrons. The Morgan fingerprint density at radius 3 is 1.60 bits per heavy atom. The van der Waals surface area contributed by atoms with E-state index in [9.17, 15) is 30.6 Å². The number of alkyl halides is 11. The van der Waals surface area contributed by atoms with Crippen LogP contribution in [0.25, 0.3) is 17.1 Å². The third-order valence-electron chi connectivity index (χ3n) is 9.65. The maximum Gasteiger partial charge on any atom is 0.270 e. The molecular weight excluding hydrogens is 1670 g/mol. The number of rotatable bonds is 13. The Morgan fingerprint density at radius 2 is 1.12 bits per heavy atom. The van der Waals surface area contributed by atoms with E-state index < -0.39 is 43.0 Å². The predicted octanol–water partition coefficient (Wildman–Crippen LogP) is 11.1. The molecule has 4 heterocycles. The number of unbranched alkanes of at least 4 members (excludes halogenated alkanes) is 1. The Kier molecular flexibility index (Phi) is 24.5. The Labute approximate surface area is 530 Å². The predicted molar refractivity (Wildman–Crippen MR) is 325 cm³/mol. The highest BCUT2D eigenvalue weighted by molar-refractivity contribution is 9.42. The fourth-order valence-electron chi connectivity index (χ4n) is 6.00. The van der Waals surface area contributed by atoms with Gasteiger partial charge in [-0.1, -0.05) is 163 Å². The molecule has 0 fully saturated rings. The van der Waals surface area contributed by atoms with E-state index in [1.54, 1.807) is 72.2 Å². The van der Waals surface area contributed by atoms with Crippen molar-refractivity contribution >= 4 is 210 Å². The molecule has 1 amide bonds. The second-order valence-corrected chi connectivity index (χ2v) is 43.6. The topological polar surface area (TPSA) is 271 Å². The summed E-state index contributed by atoms with van der Waals surface area (Å²) in [5, 5.41) is 36.9. The van der Waals surface area contributed by atoms with Gasteiger partial charge < -0.3 is 0 Å². The number of nitrogens with zero attached hydrogens (tertiary/aromatic N) is 15. The lowest BCUT2D eigenvalue weighted by molar-refractivity contribution is 0.0979. The fourth-order valence-corrected chi connectivity index (χ4v) is 12.0. The summed E-state index contributed by atoms with van der Waals surface area (Å²) in [6.45, 7) is 4.19. The van der Waals surface area contributed by atoms with Gasteiger partial charge >= 0.3 is 0 Å². The second-order valence-electron chi connectivity index (χ2n) is 15.0. The molecule has 0 saturated carbocycles. The average molecular weight is 1700 g/mol. The van der Waals surface area contributed by atoms with Crippen molar-refractivity contribution in [1.82, 2.24) is 69.9 Å². The maximum atomic E-state index is 13.0. The van der Waals surface area contributed by atoms with Gasteiger partial charge in [0, 0.05) is 24.8 Å². The van der Waals surface area contributed by atoms with E-state index in [1.807, 2.05) is 67.6 Å². The first-order chi connectivity index (χ1) is 36.6. The molecule has 0 saturated heterocycles. The molecule has 36 heteroatoms. The lowest BCUT2D eigenvalue weighted by Crippen LogP contribution is -2.30. The van der Waals surface area contributed by atoms with Crippen molar-refractivity contribution in [3.63, 3.8) is 0 Å². The maximum absolute atomic E-state index is 13.0. The highest BCUT2D eigenvalue weighted by Gasteiger charge is 2.44. The number of para-hydroxylation sites is 3. The van der Waals surface area contributed by atoms with E-state index in [4.69, 9.17) is 34.8 Å². The van der Waals surface area contributed by atoms with Crippen LogP contribution in [0.3, 0.4) is 0 Å². The van der Waals surface area contributed by atoms with Crippen molar-refractivity contribution < 1.29 is 30.6 Å². The van der Waals surface area contributed by atoms with Gasteiger partial charge in [-0.05, 0) is 178 Å². The molecule has 8 aromatic rings. The number of carbonyl (C=O) groups excluding carboxylic acids is 2. The summed E-state index contributed by atoms with van der Waals surface area (Å²) in [5.74, 6) is -0.457. The van der Waals surface area contributed by atoms with E-state index >= 15 is 0 Å². The number of anilines is 1. The Balaban J connectivity index is 0.000000198. The molecular formula is C42H36Br8Cl3N15O7S3. The van der Waals surface area contributed by atoms with Crippen LogP contribution in [0.4, 0.5) is 5.95 Å². The zero-order chi connectivity index (χ0) is 57.8. The summed E-state index contributed by atoms with van der Waals surface area (Å²) in [6, 6.07) is 35.8. The van der Waals surface area contributed by atoms with Crippen LogP contribution in [-0.4, -0.2) is 120 Å². The first-order valence-corrected chi connectivity index (χ1v) is 33.3. The van der Waals surface area contributed by atoms with Gasteiger partial charge in [-0.25, -0.2) is 25.7 Å². The van der Waals surface area contributed by atoms with E-state index in [-0.39, 0.29) is 31.1 Å². The standard InChI is InChI=1S/C17H13Br3N4O3S.C11H8Cl3N3O.C8H6Br2N4OS.C6H9Br3N4O2S/c1-23(14(25)12-8-4-2-5-9-12)15-21-22-16(28(26,27)17(18,19)20)24(15)13-10-6-3-7-11-13;1-7-15-16-10(9(18)11(12,13)14)17(7)8-5-3-2-4-6-8;9-7(10)16(15)8-11-12-13-14(8)6-4-2-1-3-5-6;1-2-3-4-13-5(10-11-12-13)16(14,15)6(7,8)9/h2-11H,1H3;2-6H,1H3;1-5,7H;2-4H2,1H3. The highest BCUT2D eigenvalue weighted by Crippen LogP contribution is 2.44. The van der Waals surface area contributed by atoms with Crippen LogP contribution < -0.4 is 4.90 Å². The van der Waals surface area contributed by atoms with Gasteiger partial charge in [0.05, 0.1) is 11.4 Å². The van der Waals surface area contributed by atoms with Crippen LogP contribution in [0.1, 0.15) is 46.6 Å². The van der Waals surface area contributed by atoms with Gasteiger partial charge in [-0.15, -0.1) is 20.4 Å². The number of amides is 1. The first kappa shape index (κ1) is 66.0. The molecule has 1 unspecified atom stereocenters. The lowest BCUT2D eigenvalue weighted by Gasteiger charge is -2.19. The summed E-state index contributed by atoms with van der Waals surface area (Å²) in [5.41, 5.74) is 2.44. The van der Waals surface area contributed by atoms with Crippen LogP contribution in [-0.2, 0) is 37.0 Å². The number of sulfone groups is 2. The zero-order valence-electron chi connectivity index (χ0n) is 39.7. The molecule has 4 aromatic carbocycles. The highest BCUT2D eigenvalue weighted by atomic mass is 80.0. The number of hydrogen-bond donors (Lipinski definition) is 0. The van der Waals surface area contributed by atoms with Crippen LogP contribution in [0.15, 0.2) is 137 Å². The quantitative estimate of drug-likeness (QED) is 0.0766. The van der Waals surface area contributed by atoms with E-state index in [0.29, 0.717) is 28.8 Å². The number of halogens is 11. The summed E-state index contributed by atoms with van der Waals surface area (Å²) in [6.07, 6.45) is 1.74. The Bertz CT molecular complexity index is 3540. The molecule has 0 aliphatic heterocycles. The van der Waals surface area contributed by atoms with E-state index in [0.717, 1.165) is 24.2 Å². The van der Waals surface area contributed by atoms with E-state index in [1.165, 1.54) is 25.9 Å². The summed E-state index contributed by atoms with van der Waals surface area (Å²) < 4.78 is 61.8. The van der Waals surface area contributed by atoms with Gasteiger partial charge in [-0.2, -0.15) is 4.68 Å². The molecule has 0 aliphatic carbocycles. The first-order valence-electron chi connectivity index (χ1n) is 21.4. The number of hydrogen-bond acceptors (Lipinski definition) is 17. The van der Waals surface area contributed by atoms with Crippen LogP contribution in [0, 0.1) is 6.92 Å². The molecule has 22 nitrogen and oxygen atoms in total. The Morgan fingerprint density at radius 1 is 0.641 bits per heavy atom. The van der Waals surface area contributed by atoms with E-state index in [2.05, 4.69) is 179 Å². The SMILES string of the molecule is CCCCn1nnnc1S(=O)(=O)C(Br)(Br)Br.CN(C(=O)c1ccccc1)c1nnc(S(=O)(=O)C(Br)(Br)Br)n1-c1ccccc1.Cc1nnc(C(=O)C(Cl)(Cl)Cl)n1-c1ccccc1.O=S(c1nnnn1-c1ccccc1)C(Br)Br. The largest absolute Gasteiger partial charge is 0.286 e. The van der Waals surface area contributed by atoms with Crippen molar-refractivity contribution in [1.29, 1.82) is 0 Å². The normalized spacial score (nSPS) is 12.3. The number of aromatic nitrogens is 14. The Hall–Kier alpha value is -2.80. The minimum Gasteiger partial charge on any atom is -0.286 e. The molecule has 0 bridgehead atoms. The molecule has 0 radical (unpaired) electrons. The zero-order valence-corrected chi connectivity index (χ0v) is 57.1. The van der Waals surface area contributed by atoms with Crippen LogP contribution in [0.5, 0.6) is 0 Å². The minimum absolute atomic E-state index is 0.00120. The van der Waals surface area contributed by atoms with Crippen LogP contribution >= 0.6 is 162 Å². The summed E-state index contributed by atoms with van der Waals surface area (Å²) in [4.78, 5) is 26.1. The van der Waals surface area contributed by atoms with Crippen molar-refractivity contribution in [3.05, 3.63) is 139 Å². The molecule has 0 spiro atoms. The molecule has 8 rings (SSSR count). The van der Waals surface area contributed by atoms with Crippen molar-refractivity contribution in [3.8, 4) is 17.1 Å². The minimum atomic E-state index is -4.06. The smallest absolute Gasteiger partial charge is 0.270 e.